The van der Waals surface area contributed by atoms with Crippen LogP contribution in [0.2, 0.25) is 0 Å². The molecule has 0 unspecified atom stereocenters. The number of hydrogen-bond donors (Lipinski definition) is 0. The Morgan fingerprint density at radius 2 is 1.75 bits per heavy atom. The van der Waals surface area contributed by atoms with Crippen LogP contribution in [0.15, 0.2) is 45.3 Å². The molecule has 0 aliphatic carbocycles. The molecule has 100 valence electrons. The van der Waals surface area contributed by atoms with Crippen molar-refractivity contribution in [2.24, 2.45) is 0 Å². The van der Waals surface area contributed by atoms with Crippen molar-refractivity contribution in [3.63, 3.8) is 0 Å². The quantitative estimate of drug-likeness (QED) is 0.486. The fourth-order valence-electron chi connectivity index (χ4n) is 1.75. The predicted molar refractivity (Wildman–Crippen MR) is 80.9 cm³/mol. The summed E-state index contributed by atoms with van der Waals surface area (Å²) in [7, 11) is 0. The van der Waals surface area contributed by atoms with Gasteiger partial charge in [0.2, 0.25) is 0 Å². The normalized spacial score (nSPS) is 10.9. The average molecular weight is 398 g/mol. The first kappa shape index (κ1) is 13.2. The molecule has 0 atom stereocenters. The summed E-state index contributed by atoms with van der Waals surface area (Å²) in [5.74, 6) is 0. The van der Waals surface area contributed by atoms with E-state index in [0.717, 1.165) is 20.0 Å². The molecule has 0 aliphatic rings. The van der Waals surface area contributed by atoms with E-state index in [1.807, 2.05) is 12.1 Å². The number of nitro groups is 1. The van der Waals surface area contributed by atoms with Gasteiger partial charge in [-0.2, -0.15) is 4.80 Å². The minimum absolute atomic E-state index is 0.0365. The fourth-order valence-corrected chi connectivity index (χ4v) is 2.48. The number of rotatable bonds is 2. The zero-order valence-electron chi connectivity index (χ0n) is 9.83. The zero-order valence-corrected chi connectivity index (χ0v) is 13.0. The summed E-state index contributed by atoms with van der Waals surface area (Å²) in [6.45, 7) is 0. The van der Waals surface area contributed by atoms with Crippen molar-refractivity contribution in [1.82, 2.24) is 15.0 Å². The molecule has 1 heterocycles. The van der Waals surface area contributed by atoms with Crippen LogP contribution in [0.1, 0.15) is 0 Å². The van der Waals surface area contributed by atoms with E-state index in [4.69, 9.17) is 0 Å². The Bertz CT molecular complexity index is 814. The summed E-state index contributed by atoms with van der Waals surface area (Å²) < 4.78 is 1.71. The Labute approximate surface area is 129 Å². The SMILES string of the molecule is O=[N+]([O-])c1ccc(-n2nc3ccc(Br)c(Br)c3n2)cc1. The maximum Gasteiger partial charge on any atom is 0.269 e. The molecule has 0 amide bonds. The van der Waals surface area contributed by atoms with Crippen LogP contribution in [0.4, 0.5) is 5.69 Å². The minimum atomic E-state index is -0.440. The van der Waals surface area contributed by atoms with Crippen molar-refractivity contribution in [3.05, 3.63) is 55.5 Å². The van der Waals surface area contributed by atoms with Gasteiger partial charge in [-0.3, -0.25) is 10.1 Å². The molecule has 0 spiro atoms. The van der Waals surface area contributed by atoms with Crippen molar-refractivity contribution in [2.75, 3.05) is 0 Å². The third kappa shape index (κ3) is 2.20. The molecule has 2 aromatic carbocycles. The van der Waals surface area contributed by atoms with Crippen LogP contribution in [0.3, 0.4) is 0 Å². The molecule has 6 nitrogen and oxygen atoms in total. The van der Waals surface area contributed by atoms with Crippen LogP contribution >= 0.6 is 31.9 Å². The van der Waals surface area contributed by atoms with Gasteiger partial charge >= 0.3 is 0 Å². The third-order valence-corrected chi connectivity index (χ3v) is 4.73. The molecule has 3 aromatic rings. The van der Waals surface area contributed by atoms with Crippen molar-refractivity contribution in [3.8, 4) is 5.69 Å². The smallest absolute Gasteiger partial charge is 0.258 e. The Balaban J connectivity index is 2.10. The van der Waals surface area contributed by atoms with Gasteiger partial charge in [0.1, 0.15) is 11.0 Å². The second-order valence-corrected chi connectivity index (χ2v) is 5.64. The summed E-state index contributed by atoms with van der Waals surface area (Å²) in [6.07, 6.45) is 0. The van der Waals surface area contributed by atoms with Gasteiger partial charge in [0.25, 0.3) is 5.69 Å². The van der Waals surface area contributed by atoms with E-state index in [1.54, 1.807) is 12.1 Å². The summed E-state index contributed by atoms with van der Waals surface area (Å²) in [5.41, 5.74) is 2.15. The highest BCUT2D eigenvalue weighted by Crippen LogP contribution is 2.29. The summed E-state index contributed by atoms with van der Waals surface area (Å²) in [6, 6.07) is 9.79. The highest BCUT2D eigenvalue weighted by Gasteiger charge is 2.11. The second-order valence-electron chi connectivity index (χ2n) is 3.99. The van der Waals surface area contributed by atoms with Crippen LogP contribution < -0.4 is 0 Å². The molecule has 0 aliphatic heterocycles. The number of benzene rings is 2. The molecule has 8 heteroatoms. The number of hydrogen-bond acceptors (Lipinski definition) is 4. The molecule has 0 N–H and O–H groups in total. The Morgan fingerprint density at radius 3 is 2.40 bits per heavy atom. The summed E-state index contributed by atoms with van der Waals surface area (Å²) in [5, 5.41) is 19.3. The van der Waals surface area contributed by atoms with E-state index in [1.165, 1.54) is 16.9 Å². The summed E-state index contributed by atoms with van der Waals surface area (Å²) >= 11 is 6.85. The van der Waals surface area contributed by atoms with E-state index < -0.39 is 4.92 Å². The van der Waals surface area contributed by atoms with Crippen molar-refractivity contribution in [1.29, 1.82) is 0 Å². The van der Waals surface area contributed by atoms with Gasteiger partial charge in [0.15, 0.2) is 0 Å². The first-order valence-corrected chi connectivity index (χ1v) is 7.11. The topological polar surface area (TPSA) is 73.8 Å². The largest absolute Gasteiger partial charge is 0.269 e. The maximum absolute atomic E-state index is 10.6. The lowest BCUT2D eigenvalue weighted by Gasteiger charge is -1.97. The standard InChI is InChI=1S/C12H6Br2N4O2/c13-9-5-6-10-12(11(9)14)16-17(15-10)7-1-3-8(4-2-7)18(19)20/h1-6H. The van der Waals surface area contributed by atoms with E-state index in [9.17, 15) is 10.1 Å². The molecule has 0 fully saturated rings. The molecule has 0 saturated heterocycles. The van der Waals surface area contributed by atoms with Crippen LogP contribution in [-0.4, -0.2) is 19.9 Å². The molecular weight excluding hydrogens is 392 g/mol. The Hall–Kier alpha value is -1.80. The van der Waals surface area contributed by atoms with Gasteiger partial charge in [0, 0.05) is 16.6 Å². The van der Waals surface area contributed by atoms with Gasteiger partial charge in [0.05, 0.1) is 15.1 Å². The van der Waals surface area contributed by atoms with Crippen molar-refractivity contribution in [2.45, 2.75) is 0 Å². The van der Waals surface area contributed by atoms with Gasteiger partial charge < -0.3 is 0 Å². The zero-order chi connectivity index (χ0) is 14.3. The monoisotopic (exact) mass is 396 g/mol. The van der Waals surface area contributed by atoms with E-state index in [2.05, 4.69) is 42.1 Å². The lowest BCUT2D eigenvalue weighted by molar-refractivity contribution is -0.384. The van der Waals surface area contributed by atoms with E-state index in [0.29, 0.717) is 5.69 Å². The van der Waals surface area contributed by atoms with Gasteiger partial charge in [-0.1, -0.05) is 0 Å². The molecule has 1 aromatic heterocycles. The lowest BCUT2D eigenvalue weighted by Crippen LogP contribution is -1.98. The number of nitro benzene ring substituents is 1. The fraction of sp³-hybridized carbons (Fsp3) is 0. The molecule has 20 heavy (non-hydrogen) atoms. The van der Waals surface area contributed by atoms with Gasteiger partial charge in [-0.15, -0.1) is 10.2 Å². The number of fused-ring (bicyclic) bond motifs is 1. The Morgan fingerprint density at radius 1 is 1.05 bits per heavy atom. The first-order chi connectivity index (χ1) is 9.56. The van der Waals surface area contributed by atoms with E-state index >= 15 is 0 Å². The predicted octanol–water partition coefficient (Wildman–Crippen LogP) is 3.85. The number of nitrogens with zero attached hydrogens (tertiary/aromatic N) is 4. The van der Waals surface area contributed by atoms with Crippen LogP contribution in [0, 0.1) is 10.1 Å². The molecule has 0 radical (unpaired) electrons. The number of non-ortho nitro benzene ring substituents is 1. The highest BCUT2D eigenvalue weighted by molar-refractivity contribution is 9.13. The van der Waals surface area contributed by atoms with Crippen molar-refractivity contribution < 1.29 is 4.92 Å². The highest BCUT2D eigenvalue weighted by atomic mass is 79.9. The van der Waals surface area contributed by atoms with Crippen LogP contribution in [0.25, 0.3) is 16.7 Å². The third-order valence-electron chi connectivity index (χ3n) is 2.74. The molecule has 0 bridgehead atoms. The lowest BCUT2D eigenvalue weighted by atomic mass is 10.3. The second kappa shape index (κ2) is 4.95. The van der Waals surface area contributed by atoms with Crippen LogP contribution in [-0.2, 0) is 0 Å². The number of halogens is 2. The minimum Gasteiger partial charge on any atom is -0.258 e. The van der Waals surface area contributed by atoms with E-state index in [-0.39, 0.29) is 5.69 Å². The van der Waals surface area contributed by atoms with Gasteiger partial charge in [-0.05, 0) is 56.1 Å². The number of aromatic nitrogens is 3. The molecular formula is C12H6Br2N4O2. The van der Waals surface area contributed by atoms with Gasteiger partial charge in [-0.25, -0.2) is 0 Å². The summed E-state index contributed by atoms with van der Waals surface area (Å²) in [4.78, 5) is 11.6. The molecule has 3 rings (SSSR count). The Kier molecular flexibility index (Phi) is 3.27. The maximum atomic E-state index is 10.6. The average Bonchev–Trinajstić information content (AvgIpc) is 2.88. The molecule has 0 saturated carbocycles. The first-order valence-electron chi connectivity index (χ1n) is 5.52. The van der Waals surface area contributed by atoms with Crippen molar-refractivity contribution >= 4 is 48.6 Å². The van der Waals surface area contributed by atoms with Crippen LogP contribution in [0.5, 0.6) is 0 Å².